The van der Waals surface area contributed by atoms with Crippen LogP contribution in [0, 0.1) is 17.2 Å². The predicted octanol–water partition coefficient (Wildman–Crippen LogP) is 4.72. The molecule has 0 spiro atoms. The summed E-state index contributed by atoms with van der Waals surface area (Å²) in [6.45, 7) is 12.9. The van der Waals surface area contributed by atoms with Gasteiger partial charge in [-0.05, 0) is 90.3 Å². The summed E-state index contributed by atoms with van der Waals surface area (Å²) in [5, 5.41) is 6.36. The van der Waals surface area contributed by atoms with Gasteiger partial charge < -0.3 is 20.4 Å². The highest BCUT2D eigenvalue weighted by Crippen LogP contribution is 2.46. The minimum Gasteiger partial charge on any atom is -0.351 e. The first kappa shape index (κ1) is 31.7. The van der Waals surface area contributed by atoms with Crippen molar-refractivity contribution in [1.29, 1.82) is 0 Å². The number of amides is 4. The van der Waals surface area contributed by atoms with Crippen LogP contribution in [0.15, 0.2) is 24.3 Å². The van der Waals surface area contributed by atoms with E-state index in [0.717, 1.165) is 44.2 Å². The molecule has 238 valence electrons. The lowest BCUT2D eigenvalue weighted by atomic mass is 9.63. The van der Waals surface area contributed by atoms with Crippen LogP contribution in [0.5, 0.6) is 0 Å². The number of carbonyl (C=O) groups excluding carboxylic acids is 3. The van der Waals surface area contributed by atoms with E-state index in [2.05, 4.69) is 29.4 Å². The molecule has 4 amide bonds. The van der Waals surface area contributed by atoms with Gasteiger partial charge in [-0.15, -0.1) is 0 Å². The van der Waals surface area contributed by atoms with Gasteiger partial charge in [-0.25, -0.2) is 9.18 Å². The number of piperazine rings is 1. The first-order chi connectivity index (χ1) is 20.4. The molecule has 5 rings (SSSR count). The van der Waals surface area contributed by atoms with Gasteiger partial charge >= 0.3 is 6.03 Å². The molecule has 1 aliphatic carbocycles. The molecule has 4 aliphatic rings. The third-order valence-electron chi connectivity index (χ3n) is 10.5. The Labute approximate surface area is 257 Å². The van der Waals surface area contributed by atoms with Gasteiger partial charge in [-0.2, -0.15) is 0 Å². The van der Waals surface area contributed by atoms with Gasteiger partial charge in [-0.3, -0.25) is 14.5 Å². The Hall–Kier alpha value is -2.68. The Morgan fingerprint density at radius 2 is 1.63 bits per heavy atom. The molecule has 1 saturated carbocycles. The zero-order valence-electron chi connectivity index (χ0n) is 26.8. The highest BCUT2D eigenvalue weighted by molar-refractivity contribution is 5.88. The first-order valence-corrected chi connectivity index (χ1v) is 16.5. The van der Waals surface area contributed by atoms with Gasteiger partial charge in [0.25, 0.3) is 0 Å². The summed E-state index contributed by atoms with van der Waals surface area (Å²) < 4.78 is 13.7. The molecule has 43 heavy (non-hydrogen) atoms. The third kappa shape index (κ3) is 7.02. The summed E-state index contributed by atoms with van der Waals surface area (Å²) in [6, 6.07) is 6.15. The van der Waals surface area contributed by atoms with Crippen LogP contribution in [0.1, 0.15) is 91.5 Å². The molecule has 3 unspecified atom stereocenters. The molecular weight excluding hydrogens is 545 g/mol. The molecule has 0 aromatic heterocycles. The summed E-state index contributed by atoms with van der Waals surface area (Å²) in [5.74, 6) is -0.0114. The van der Waals surface area contributed by atoms with E-state index in [9.17, 15) is 18.8 Å². The lowest BCUT2D eigenvalue weighted by Crippen LogP contribution is -2.60. The topological polar surface area (TPSA) is 85.0 Å². The Balaban J connectivity index is 1.30. The van der Waals surface area contributed by atoms with Crippen molar-refractivity contribution in [3.8, 4) is 0 Å². The molecule has 1 aromatic carbocycles. The number of benzene rings is 1. The molecule has 3 aliphatic heterocycles. The predicted molar refractivity (Wildman–Crippen MR) is 166 cm³/mol. The van der Waals surface area contributed by atoms with Crippen LogP contribution in [-0.4, -0.2) is 88.4 Å². The van der Waals surface area contributed by atoms with Crippen molar-refractivity contribution in [1.82, 2.24) is 25.3 Å². The monoisotopic (exact) mass is 597 g/mol. The van der Waals surface area contributed by atoms with E-state index in [0.29, 0.717) is 56.9 Å². The third-order valence-corrected chi connectivity index (χ3v) is 10.5. The van der Waals surface area contributed by atoms with Gasteiger partial charge in [0.15, 0.2) is 0 Å². The second-order valence-corrected chi connectivity index (χ2v) is 14.8. The molecule has 3 saturated heterocycles. The normalized spacial score (nSPS) is 25.2. The fraction of sp³-hybridized carbons (Fsp3) is 0.735. The first-order valence-electron chi connectivity index (χ1n) is 16.5. The smallest absolute Gasteiger partial charge is 0.318 e. The summed E-state index contributed by atoms with van der Waals surface area (Å²) in [5.41, 5.74) is 0.00132. The number of carbonyl (C=O) groups is 3. The van der Waals surface area contributed by atoms with Gasteiger partial charge in [0.1, 0.15) is 11.9 Å². The van der Waals surface area contributed by atoms with Crippen molar-refractivity contribution in [2.24, 2.45) is 11.3 Å². The van der Waals surface area contributed by atoms with Gasteiger partial charge in [0.2, 0.25) is 11.8 Å². The number of nitrogens with one attached hydrogen (secondary N) is 2. The molecule has 3 atom stereocenters. The summed E-state index contributed by atoms with van der Waals surface area (Å²) in [6.07, 6.45) is 8.15. The van der Waals surface area contributed by atoms with Crippen molar-refractivity contribution in [3.05, 3.63) is 35.6 Å². The van der Waals surface area contributed by atoms with Gasteiger partial charge in [-0.1, -0.05) is 31.4 Å². The van der Waals surface area contributed by atoms with Crippen LogP contribution < -0.4 is 10.6 Å². The highest BCUT2D eigenvalue weighted by Gasteiger charge is 2.50. The number of fused-ring (bicyclic) bond motifs is 2. The largest absolute Gasteiger partial charge is 0.351 e. The molecule has 9 heteroatoms. The average molecular weight is 598 g/mol. The van der Waals surface area contributed by atoms with E-state index in [4.69, 9.17) is 0 Å². The zero-order valence-corrected chi connectivity index (χ0v) is 26.8. The van der Waals surface area contributed by atoms with Crippen LogP contribution in [0.2, 0.25) is 0 Å². The Morgan fingerprint density at radius 3 is 2.19 bits per heavy atom. The quantitative estimate of drug-likeness (QED) is 0.477. The van der Waals surface area contributed by atoms with Gasteiger partial charge in [0.05, 0.1) is 5.41 Å². The van der Waals surface area contributed by atoms with Crippen LogP contribution in [-0.2, 0) is 16.0 Å². The lowest BCUT2D eigenvalue weighted by Gasteiger charge is -2.48. The molecule has 8 nitrogen and oxygen atoms in total. The van der Waals surface area contributed by atoms with E-state index < -0.39 is 11.5 Å². The molecular formula is C34H52FN5O3. The van der Waals surface area contributed by atoms with E-state index in [-0.39, 0.29) is 35.2 Å². The Bertz CT molecular complexity index is 1150. The number of urea groups is 1. The second kappa shape index (κ2) is 12.7. The van der Waals surface area contributed by atoms with Gasteiger partial charge in [0, 0.05) is 56.3 Å². The van der Waals surface area contributed by atoms with E-state index in [1.54, 1.807) is 12.1 Å². The number of hydrogen-bond donors (Lipinski definition) is 2. The summed E-state index contributed by atoms with van der Waals surface area (Å²) >= 11 is 0. The number of nitrogens with zero attached hydrogens (tertiary/aromatic N) is 3. The molecule has 1 aromatic rings. The average Bonchev–Trinajstić information content (AvgIpc) is 3.59. The second-order valence-electron chi connectivity index (χ2n) is 14.8. The Morgan fingerprint density at radius 1 is 0.977 bits per heavy atom. The molecule has 0 radical (unpaired) electrons. The van der Waals surface area contributed by atoms with Crippen molar-refractivity contribution in [3.63, 3.8) is 0 Å². The molecule has 2 N–H and O–H groups in total. The van der Waals surface area contributed by atoms with E-state index in [1.165, 1.54) is 18.6 Å². The van der Waals surface area contributed by atoms with Crippen LogP contribution in [0.3, 0.4) is 0 Å². The maximum absolute atomic E-state index is 14.1. The Kier molecular flexibility index (Phi) is 9.40. The minimum atomic E-state index is -0.760. The fourth-order valence-electron chi connectivity index (χ4n) is 8.15. The standard InChI is InChI=1S/C34H52FN5O3/c1-23(2)39-21-28-20-27(39)22-40(28)32(43)36-29(19-24-11-13-26(35)14-12-24)30(41)38-17-15-34(16-18-38,25-9-7-6-8-10-25)31(42)37-33(3,4)5/h11-14,23,25,27-29H,6-10,15-22H2,1-5H3,(H,36,43)(H,37,42). The maximum Gasteiger partial charge on any atom is 0.318 e. The van der Waals surface area contributed by atoms with Crippen LogP contribution in [0.25, 0.3) is 0 Å². The molecule has 3 heterocycles. The van der Waals surface area contributed by atoms with Crippen molar-refractivity contribution < 1.29 is 18.8 Å². The number of rotatable bonds is 7. The summed E-state index contributed by atoms with van der Waals surface area (Å²) in [7, 11) is 0. The molecule has 2 bridgehead atoms. The molecule has 4 fully saturated rings. The fourth-order valence-corrected chi connectivity index (χ4v) is 8.15. The zero-order chi connectivity index (χ0) is 30.9. The van der Waals surface area contributed by atoms with E-state index >= 15 is 0 Å². The van der Waals surface area contributed by atoms with E-state index in [1.807, 2.05) is 30.6 Å². The lowest BCUT2D eigenvalue weighted by molar-refractivity contribution is -0.147. The van der Waals surface area contributed by atoms with Crippen LogP contribution in [0.4, 0.5) is 9.18 Å². The van der Waals surface area contributed by atoms with Crippen LogP contribution >= 0.6 is 0 Å². The number of likely N-dealkylation sites (tertiary alicyclic amines) is 3. The van der Waals surface area contributed by atoms with Crippen molar-refractivity contribution in [2.45, 2.75) is 122 Å². The van der Waals surface area contributed by atoms with Crippen molar-refractivity contribution in [2.75, 3.05) is 26.2 Å². The highest BCUT2D eigenvalue weighted by atomic mass is 19.1. The summed E-state index contributed by atoms with van der Waals surface area (Å²) in [4.78, 5) is 47.7. The van der Waals surface area contributed by atoms with Crippen molar-refractivity contribution >= 4 is 17.8 Å². The minimum absolute atomic E-state index is 0.120. The maximum atomic E-state index is 14.1. The number of piperidine rings is 1. The number of halogens is 1. The SMILES string of the molecule is CC(C)N1CC2CC1CN2C(=O)NC(Cc1ccc(F)cc1)C(=O)N1CCC(C(=O)NC(C)(C)C)(C2CCCCC2)CC1. The number of hydrogen-bond acceptors (Lipinski definition) is 4.